The van der Waals surface area contributed by atoms with E-state index in [0.717, 1.165) is 17.7 Å². The fraction of sp³-hybridized carbons (Fsp3) is 0.647. The lowest BCUT2D eigenvalue weighted by molar-refractivity contribution is -0.601. The summed E-state index contributed by atoms with van der Waals surface area (Å²) in [5, 5.41) is 0.108. The van der Waals surface area contributed by atoms with E-state index in [1.54, 1.807) is 7.11 Å². The Kier molecular flexibility index (Phi) is 3.32. The molecule has 0 aromatic heterocycles. The van der Waals surface area contributed by atoms with Crippen molar-refractivity contribution in [1.29, 1.82) is 0 Å². The first-order valence-electron chi connectivity index (χ1n) is 7.79. The zero-order chi connectivity index (χ0) is 16.4. The standard InChI is InChI=1S/C17H26O4Si/c1-15(2,3)22(6,7)21-17-14-9-8-13(18-5)10-12(14)11-16(17,4)19-20-17/h8-10H,11H2,1-7H3/t16-,17-/m0/s1. The minimum atomic E-state index is -2.01. The van der Waals surface area contributed by atoms with Crippen molar-refractivity contribution in [2.24, 2.45) is 0 Å². The molecule has 2 atom stereocenters. The van der Waals surface area contributed by atoms with E-state index < -0.39 is 19.7 Å². The van der Waals surface area contributed by atoms with Gasteiger partial charge in [-0.15, -0.1) is 0 Å². The third-order valence-electron chi connectivity index (χ3n) is 5.44. The fourth-order valence-corrected chi connectivity index (χ4v) is 4.34. The van der Waals surface area contributed by atoms with Crippen LogP contribution in [-0.2, 0) is 26.4 Å². The van der Waals surface area contributed by atoms with Crippen molar-refractivity contribution >= 4 is 8.32 Å². The lowest BCUT2D eigenvalue weighted by Crippen LogP contribution is -2.66. The van der Waals surface area contributed by atoms with Crippen molar-refractivity contribution in [2.45, 2.75) is 63.6 Å². The predicted molar refractivity (Wildman–Crippen MR) is 87.2 cm³/mol. The molecule has 1 aromatic carbocycles. The summed E-state index contributed by atoms with van der Waals surface area (Å²) in [4.78, 5) is 11.2. The molecule has 0 spiro atoms. The van der Waals surface area contributed by atoms with Gasteiger partial charge in [-0.1, -0.05) is 20.8 Å². The van der Waals surface area contributed by atoms with Gasteiger partial charge in [0, 0.05) is 12.0 Å². The minimum absolute atomic E-state index is 0.108. The molecule has 0 radical (unpaired) electrons. The fourth-order valence-electron chi connectivity index (χ4n) is 2.96. The highest BCUT2D eigenvalue weighted by molar-refractivity contribution is 6.74. The zero-order valence-corrected chi connectivity index (χ0v) is 15.6. The molecule has 3 rings (SSSR count). The third-order valence-corrected chi connectivity index (χ3v) is 9.85. The maximum atomic E-state index is 6.70. The lowest BCUT2D eigenvalue weighted by Gasteiger charge is -2.54. The smallest absolute Gasteiger partial charge is 0.251 e. The van der Waals surface area contributed by atoms with Gasteiger partial charge in [0.25, 0.3) is 5.79 Å². The van der Waals surface area contributed by atoms with Gasteiger partial charge in [0.05, 0.1) is 7.11 Å². The summed E-state index contributed by atoms with van der Waals surface area (Å²) in [6, 6.07) is 6.07. The van der Waals surface area contributed by atoms with E-state index in [1.165, 1.54) is 5.56 Å². The van der Waals surface area contributed by atoms with Gasteiger partial charge in [-0.3, -0.25) is 0 Å². The molecule has 1 fully saturated rings. The zero-order valence-electron chi connectivity index (χ0n) is 14.6. The SMILES string of the molecule is COc1ccc2c(c1)C[C@]1(C)OO[C@]21O[Si](C)(C)C(C)(C)C. The van der Waals surface area contributed by atoms with Crippen molar-refractivity contribution < 1.29 is 18.9 Å². The van der Waals surface area contributed by atoms with Crippen LogP contribution in [0.3, 0.4) is 0 Å². The summed E-state index contributed by atoms with van der Waals surface area (Å²) in [6.45, 7) is 13.2. The average Bonchev–Trinajstić information content (AvgIpc) is 2.56. The van der Waals surface area contributed by atoms with Crippen molar-refractivity contribution in [1.82, 2.24) is 0 Å². The summed E-state index contributed by atoms with van der Waals surface area (Å²) >= 11 is 0. The maximum Gasteiger partial charge on any atom is 0.251 e. The number of methoxy groups -OCH3 is 1. The van der Waals surface area contributed by atoms with Crippen LogP contribution in [0.15, 0.2) is 18.2 Å². The highest BCUT2D eigenvalue weighted by atomic mass is 28.4. The first-order chi connectivity index (χ1) is 10.0. The molecule has 1 saturated heterocycles. The molecule has 22 heavy (non-hydrogen) atoms. The van der Waals surface area contributed by atoms with Crippen molar-refractivity contribution in [2.75, 3.05) is 7.11 Å². The Morgan fingerprint density at radius 2 is 1.86 bits per heavy atom. The third kappa shape index (κ3) is 1.99. The predicted octanol–water partition coefficient (Wildman–Crippen LogP) is 4.15. The van der Waals surface area contributed by atoms with E-state index in [0.29, 0.717) is 0 Å². The van der Waals surface area contributed by atoms with Gasteiger partial charge in [0.2, 0.25) is 0 Å². The van der Waals surface area contributed by atoms with Crippen LogP contribution in [0, 0.1) is 0 Å². The molecule has 1 aliphatic carbocycles. The Bertz CT molecular complexity index is 607. The molecule has 1 aromatic rings. The number of fused-ring (bicyclic) bond motifs is 3. The van der Waals surface area contributed by atoms with Gasteiger partial charge >= 0.3 is 0 Å². The second-order valence-corrected chi connectivity index (χ2v) is 12.8. The number of hydrogen-bond donors (Lipinski definition) is 0. The Hall–Kier alpha value is -0.883. The highest BCUT2D eigenvalue weighted by Gasteiger charge is 2.70. The molecule has 1 aliphatic heterocycles. The molecule has 1 heterocycles. The molecule has 4 nitrogen and oxygen atoms in total. The van der Waals surface area contributed by atoms with Crippen LogP contribution < -0.4 is 4.74 Å². The topological polar surface area (TPSA) is 36.9 Å². The molecule has 0 amide bonds. The normalized spacial score (nSPS) is 30.5. The highest BCUT2D eigenvalue weighted by Crippen LogP contribution is 2.59. The summed E-state index contributed by atoms with van der Waals surface area (Å²) in [5.74, 6) is 0.0727. The summed E-state index contributed by atoms with van der Waals surface area (Å²) in [6.07, 6.45) is 0.772. The Morgan fingerprint density at radius 1 is 1.18 bits per heavy atom. The summed E-state index contributed by atoms with van der Waals surface area (Å²) in [5.41, 5.74) is 1.79. The number of benzene rings is 1. The maximum absolute atomic E-state index is 6.70. The van der Waals surface area contributed by atoms with E-state index in [-0.39, 0.29) is 5.04 Å². The summed E-state index contributed by atoms with van der Waals surface area (Å²) < 4.78 is 12.0. The van der Waals surface area contributed by atoms with E-state index in [1.807, 2.05) is 6.07 Å². The molecular formula is C17H26O4Si. The number of rotatable bonds is 3. The van der Waals surface area contributed by atoms with Gasteiger partial charge < -0.3 is 9.16 Å². The molecular weight excluding hydrogens is 296 g/mol. The Morgan fingerprint density at radius 3 is 2.36 bits per heavy atom. The molecule has 0 saturated carbocycles. The van der Waals surface area contributed by atoms with Gasteiger partial charge in [0.15, 0.2) is 13.9 Å². The minimum Gasteiger partial charge on any atom is -0.497 e. The first kappa shape index (κ1) is 16.0. The van der Waals surface area contributed by atoms with Gasteiger partial charge in [-0.2, -0.15) is 4.89 Å². The van der Waals surface area contributed by atoms with E-state index in [2.05, 4.69) is 52.9 Å². The average molecular weight is 322 g/mol. The van der Waals surface area contributed by atoms with Crippen LogP contribution in [0.4, 0.5) is 0 Å². The van der Waals surface area contributed by atoms with Crippen LogP contribution in [0.1, 0.15) is 38.8 Å². The summed E-state index contributed by atoms with van der Waals surface area (Å²) in [7, 11) is -0.324. The molecule has 0 N–H and O–H groups in total. The Balaban J connectivity index is 2.04. The molecule has 2 aliphatic rings. The van der Waals surface area contributed by atoms with E-state index in [4.69, 9.17) is 18.9 Å². The Labute approximate surface area is 133 Å². The van der Waals surface area contributed by atoms with Gasteiger partial charge in [-0.05, 0) is 48.8 Å². The molecule has 0 unspecified atom stereocenters. The van der Waals surface area contributed by atoms with Gasteiger partial charge in [0.1, 0.15) is 5.75 Å². The number of ether oxygens (including phenoxy) is 1. The van der Waals surface area contributed by atoms with Crippen LogP contribution in [-0.4, -0.2) is 21.0 Å². The molecule has 0 bridgehead atoms. The first-order valence-corrected chi connectivity index (χ1v) is 10.7. The quantitative estimate of drug-likeness (QED) is 0.619. The lowest BCUT2D eigenvalue weighted by atomic mass is 9.94. The second-order valence-electron chi connectivity index (χ2n) is 8.08. The van der Waals surface area contributed by atoms with Crippen molar-refractivity contribution in [3.63, 3.8) is 0 Å². The van der Waals surface area contributed by atoms with Crippen LogP contribution >= 0.6 is 0 Å². The van der Waals surface area contributed by atoms with E-state index in [9.17, 15) is 0 Å². The molecule has 5 heteroatoms. The van der Waals surface area contributed by atoms with E-state index >= 15 is 0 Å². The monoisotopic (exact) mass is 322 g/mol. The largest absolute Gasteiger partial charge is 0.497 e. The number of hydrogen-bond acceptors (Lipinski definition) is 4. The van der Waals surface area contributed by atoms with Crippen LogP contribution in [0.5, 0.6) is 5.75 Å². The van der Waals surface area contributed by atoms with Gasteiger partial charge in [-0.25, -0.2) is 4.89 Å². The second kappa shape index (κ2) is 4.57. The molecule has 122 valence electrons. The van der Waals surface area contributed by atoms with Crippen molar-refractivity contribution in [3.8, 4) is 5.75 Å². The van der Waals surface area contributed by atoms with Crippen LogP contribution in [0.2, 0.25) is 18.1 Å². The van der Waals surface area contributed by atoms with Crippen molar-refractivity contribution in [3.05, 3.63) is 29.3 Å². The van der Waals surface area contributed by atoms with Crippen LogP contribution in [0.25, 0.3) is 0 Å².